The molecule has 0 unspecified atom stereocenters. The van der Waals surface area contributed by atoms with Crippen molar-refractivity contribution in [3.05, 3.63) is 52.5 Å². The minimum atomic E-state index is -3.49. The van der Waals surface area contributed by atoms with Gasteiger partial charge >= 0.3 is 0 Å². The first-order chi connectivity index (χ1) is 12.5. The molecule has 0 atom stereocenters. The van der Waals surface area contributed by atoms with Crippen LogP contribution in [0.3, 0.4) is 0 Å². The average molecular weight is 442 g/mol. The topological polar surface area (TPSA) is 65.1 Å². The first-order valence-corrected chi connectivity index (χ1v) is 10.4. The Morgan fingerprint density at radius 1 is 1.12 bits per heavy atom. The number of sulfonamides is 1. The molecule has 1 fully saturated rings. The van der Waals surface area contributed by atoms with Gasteiger partial charge in [0.2, 0.25) is 10.0 Å². The minimum absolute atomic E-state index is 0.256. The van der Waals surface area contributed by atoms with E-state index in [1.54, 1.807) is 31.4 Å². The molecule has 0 radical (unpaired) electrons. The first-order valence-electron chi connectivity index (χ1n) is 8.14. The van der Waals surface area contributed by atoms with Crippen molar-refractivity contribution in [2.45, 2.75) is 11.5 Å². The van der Waals surface area contributed by atoms with Gasteiger partial charge in [-0.25, -0.2) is 8.42 Å². The number of methoxy groups -OCH3 is 1. The van der Waals surface area contributed by atoms with Crippen molar-refractivity contribution < 1.29 is 22.6 Å². The van der Waals surface area contributed by atoms with Crippen molar-refractivity contribution in [3.63, 3.8) is 0 Å². The summed E-state index contributed by atoms with van der Waals surface area (Å²) in [4.78, 5) is 0.256. The SMILES string of the molecule is COc1ccc(Br)cc1COc1ccc(S(=O)(=O)N2CCOCC2)cc1. The zero-order valence-electron chi connectivity index (χ0n) is 14.4. The van der Waals surface area contributed by atoms with Crippen molar-refractivity contribution in [2.24, 2.45) is 0 Å². The van der Waals surface area contributed by atoms with Crippen LogP contribution in [-0.2, 0) is 21.4 Å². The predicted octanol–water partition coefficient (Wildman–Crippen LogP) is 3.06. The number of halogens is 1. The highest BCUT2D eigenvalue weighted by Gasteiger charge is 2.26. The fourth-order valence-corrected chi connectivity index (χ4v) is 4.48. The van der Waals surface area contributed by atoms with Crippen LogP contribution in [0.2, 0.25) is 0 Å². The number of benzene rings is 2. The normalized spacial score (nSPS) is 15.6. The third kappa shape index (κ3) is 4.37. The molecule has 0 N–H and O–H groups in total. The van der Waals surface area contributed by atoms with Crippen molar-refractivity contribution in [1.82, 2.24) is 4.31 Å². The van der Waals surface area contributed by atoms with Gasteiger partial charge in [0, 0.05) is 23.1 Å². The van der Waals surface area contributed by atoms with Crippen molar-refractivity contribution in [3.8, 4) is 11.5 Å². The molecule has 140 valence electrons. The third-order valence-corrected chi connectivity index (χ3v) is 6.47. The predicted molar refractivity (Wildman–Crippen MR) is 101 cm³/mol. The molecule has 1 aliphatic rings. The molecule has 0 saturated carbocycles. The summed E-state index contributed by atoms with van der Waals surface area (Å²) in [5, 5.41) is 0. The third-order valence-electron chi connectivity index (χ3n) is 4.07. The van der Waals surface area contributed by atoms with Gasteiger partial charge in [-0.2, -0.15) is 4.31 Å². The van der Waals surface area contributed by atoms with Crippen LogP contribution in [0, 0.1) is 0 Å². The van der Waals surface area contributed by atoms with Gasteiger partial charge in [0.25, 0.3) is 0 Å². The van der Waals surface area contributed by atoms with Crippen LogP contribution in [-0.4, -0.2) is 46.1 Å². The van der Waals surface area contributed by atoms with Gasteiger partial charge in [0.15, 0.2) is 0 Å². The summed E-state index contributed by atoms with van der Waals surface area (Å²) in [7, 11) is -1.88. The molecule has 1 aliphatic heterocycles. The van der Waals surface area contributed by atoms with Crippen LogP contribution >= 0.6 is 15.9 Å². The molecule has 0 aromatic heterocycles. The van der Waals surface area contributed by atoms with Crippen LogP contribution in [0.25, 0.3) is 0 Å². The number of rotatable bonds is 6. The van der Waals surface area contributed by atoms with Gasteiger partial charge in [-0.05, 0) is 42.5 Å². The van der Waals surface area contributed by atoms with E-state index in [-0.39, 0.29) is 4.90 Å². The summed E-state index contributed by atoms with van der Waals surface area (Å²) in [6.45, 7) is 1.93. The molecular formula is C18H20BrNO5S. The average Bonchev–Trinajstić information content (AvgIpc) is 2.67. The zero-order valence-corrected chi connectivity index (χ0v) is 16.8. The maximum atomic E-state index is 12.6. The van der Waals surface area contributed by atoms with Gasteiger partial charge < -0.3 is 14.2 Å². The molecule has 0 amide bonds. The maximum absolute atomic E-state index is 12.6. The van der Waals surface area contributed by atoms with Crippen molar-refractivity contribution >= 4 is 26.0 Å². The fourth-order valence-electron chi connectivity index (χ4n) is 2.66. The lowest BCUT2D eigenvalue weighted by Crippen LogP contribution is -2.40. The van der Waals surface area contributed by atoms with E-state index < -0.39 is 10.0 Å². The zero-order chi connectivity index (χ0) is 18.6. The first kappa shape index (κ1) is 19.2. The number of nitrogens with zero attached hydrogens (tertiary/aromatic N) is 1. The standard InChI is InChI=1S/C18H20BrNO5S/c1-23-18-7-2-15(19)12-14(18)13-25-16-3-5-17(6-4-16)26(21,22)20-8-10-24-11-9-20/h2-7,12H,8-11,13H2,1H3. The van der Waals surface area contributed by atoms with Gasteiger partial charge in [0.05, 0.1) is 25.2 Å². The highest BCUT2D eigenvalue weighted by Crippen LogP contribution is 2.25. The maximum Gasteiger partial charge on any atom is 0.243 e. The lowest BCUT2D eigenvalue weighted by molar-refractivity contribution is 0.0730. The van der Waals surface area contributed by atoms with Gasteiger partial charge in [-0.1, -0.05) is 15.9 Å². The summed E-state index contributed by atoms with van der Waals surface area (Å²) in [6, 6.07) is 12.1. The monoisotopic (exact) mass is 441 g/mol. The fraction of sp³-hybridized carbons (Fsp3) is 0.333. The minimum Gasteiger partial charge on any atom is -0.496 e. The lowest BCUT2D eigenvalue weighted by atomic mass is 10.2. The van der Waals surface area contributed by atoms with E-state index >= 15 is 0 Å². The number of hydrogen-bond acceptors (Lipinski definition) is 5. The number of morpholine rings is 1. The summed E-state index contributed by atoms with van der Waals surface area (Å²) in [5.41, 5.74) is 0.895. The van der Waals surface area contributed by atoms with Gasteiger partial charge in [-0.15, -0.1) is 0 Å². The summed E-state index contributed by atoms with van der Waals surface area (Å²) >= 11 is 3.43. The Balaban J connectivity index is 1.69. The van der Waals surface area contributed by atoms with E-state index in [0.29, 0.717) is 38.7 Å². The molecular weight excluding hydrogens is 422 g/mol. The van der Waals surface area contributed by atoms with E-state index in [9.17, 15) is 8.42 Å². The Labute approximate surface area is 161 Å². The molecule has 1 heterocycles. The summed E-state index contributed by atoms with van der Waals surface area (Å²) in [5.74, 6) is 1.33. The molecule has 0 spiro atoms. The van der Waals surface area contributed by atoms with E-state index in [4.69, 9.17) is 14.2 Å². The van der Waals surface area contributed by atoms with Crippen LogP contribution in [0.4, 0.5) is 0 Å². The van der Waals surface area contributed by atoms with E-state index in [2.05, 4.69) is 15.9 Å². The molecule has 8 heteroatoms. The van der Waals surface area contributed by atoms with E-state index in [1.165, 1.54) is 4.31 Å². The van der Waals surface area contributed by atoms with Gasteiger partial charge in [0.1, 0.15) is 18.1 Å². The molecule has 2 aromatic carbocycles. The molecule has 0 bridgehead atoms. The second-order valence-corrected chi connectivity index (χ2v) is 8.59. The highest BCUT2D eigenvalue weighted by molar-refractivity contribution is 9.10. The second kappa shape index (κ2) is 8.39. The largest absolute Gasteiger partial charge is 0.496 e. The second-order valence-electron chi connectivity index (χ2n) is 5.73. The highest BCUT2D eigenvalue weighted by atomic mass is 79.9. The van der Waals surface area contributed by atoms with E-state index in [1.807, 2.05) is 18.2 Å². The van der Waals surface area contributed by atoms with Crippen molar-refractivity contribution in [1.29, 1.82) is 0 Å². The Morgan fingerprint density at radius 3 is 2.46 bits per heavy atom. The van der Waals surface area contributed by atoms with Crippen LogP contribution in [0.5, 0.6) is 11.5 Å². The molecule has 26 heavy (non-hydrogen) atoms. The number of ether oxygens (including phenoxy) is 3. The molecule has 1 saturated heterocycles. The molecule has 2 aromatic rings. The summed E-state index contributed by atoms with van der Waals surface area (Å²) < 4.78 is 43.9. The molecule has 3 rings (SSSR count). The Kier molecular flexibility index (Phi) is 6.18. The smallest absolute Gasteiger partial charge is 0.243 e. The molecule has 6 nitrogen and oxygen atoms in total. The number of hydrogen-bond donors (Lipinski definition) is 0. The quantitative estimate of drug-likeness (QED) is 0.688. The van der Waals surface area contributed by atoms with E-state index in [0.717, 1.165) is 15.8 Å². The van der Waals surface area contributed by atoms with Crippen LogP contribution in [0.1, 0.15) is 5.56 Å². The van der Waals surface area contributed by atoms with Crippen molar-refractivity contribution in [2.75, 3.05) is 33.4 Å². The van der Waals surface area contributed by atoms with Gasteiger partial charge in [-0.3, -0.25) is 0 Å². The Hall–Kier alpha value is -1.61. The molecule has 0 aliphatic carbocycles. The van der Waals surface area contributed by atoms with Crippen LogP contribution < -0.4 is 9.47 Å². The Bertz CT molecular complexity index is 848. The Morgan fingerprint density at radius 2 is 1.81 bits per heavy atom. The summed E-state index contributed by atoms with van der Waals surface area (Å²) in [6.07, 6.45) is 0. The lowest BCUT2D eigenvalue weighted by Gasteiger charge is -2.26. The van der Waals surface area contributed by atoms with Crippen LogP contribution in [0.15, 0.2) is 51.8 Å².